The maximum absolute atomic E-state index is 11.2. The highest BCUT2D eigenvalue weighted by Gasteiger charge is 2.17. The SMILES string of the molecule is O=C1CCCN1CC=C=Cn1ccnc1. The van der Waals surface area contributed by atoms with Gasteiger partial charge in [0.25, 0.3) is 0 Å². The zero-order valence-corrected chi connectivity index (χ0v) is 8.47. The highest BCUT2D eigenvalue weighted by Crippen LogP contribution is 2.08. The Morgan fingerprint density at radius 2 is 2.53 bits per heavy atom. The van der Waals surface area contributed by atoms with Crippen LogP contribution in [0, 0.1) is 0 Å². The van der Waals surface area contributed by atoms with Crippen molar-refractivity contribution in [3.63, 3.8) is 0 Å². The van der Waals surface area contributed by atoms with E-state index in [4.69, 9.17) is 0 Å². The van der Waals surface area contributed by atoms with E-state index >= 15 is 0 Å². The molecule has 0 aliphatic carbocycles. The Labute approximate surface area is 88.5 Å². The summed E-state index contributed by atoms with van der Waals surface area (Å²) < 4.78 is 1.81. The molecule has 1 aromatic rings. The Hall–Kier alpha value is -1.80. The van der Waals surface area contributed by atoms with Gasteiger partial charge in [0.1, 0.15) is 0 Å². The average molecular weight is 203 g/mol. The summed E-state index contributed by atoms with van der Waals surface area (Å²) in [6, 6.07) is 0. The van der Waals surface area contributed by atoms with Crippen molar-refractivity contribution in [2.45, 2.75) is 12.8 Å². The molecule has 4 nitrogen and oxygen atoms in total. The maximum atomic E-state index is 11.2. The molecule has 0 atom stereocenters. The summed E-state index contributed by atoms with van der Waals surface area (Å²) in [5.41, 5.74) is 3.01. The van der Waals surface area contributed by atoms with Crippen LogP contribution in [-0.4, -0.2) is 33.4 Å². The number of carbonyl (C=O) groups excluding carboxylic acids is 1. The maximum Gasteiger partial charge on any atom is 0.222 e. The molecule has 1 fully saturated rings. The van der Waals surface area contributed by atoms with Crippen LogP contribution in [-0.2, 0) is 4.79 Å². The van der Waals surface area contributed by atoms with Gasteiger partial charge in [0, 0.05) is 31.9 Å². The minimum Gasteiger partial charge on any atom is -0.338 e. The minimum atomic E-state index is 0.246. The van der Waals surface area contributed by atoms with Gasteiger partial charge in [-0.15, -0.1) is 5.73 Å². The fourth-order valence-electron chi connectivity index (χ4n) is 1.54. The number of imidazole rings is 1. The second kappa shape index (κ2) is 4.62. The first-order chi connectivity index (χ1) is 7.36. The first kappa shape index (κ1) is 9.74. The molecule has 2 heterocycles. The molecule has 4 heteroatoms. The van der Waals surface area contributed by atoms with Gasteiger partial charge in [-0.3, -0.25) is 4.79 Å². The molecule has 15 heavy (non-hydrogen) atoms. The summed E-state index contributed by atoms with van der Waals surface area (Å²) in [5.74, 6) is 0.246. The zero-order chi connectivity index (χ0) is 10.5. The van der Waals surface area contributed by atoms with Crippen LogP contribution in [0.2, 0.25) is 0 Å². The van der Waals surface area contributed by atoms with E-state index in [-0.39, 0.29) is 5.91 Å². The van der Waals surface area contributed by atoms with E-state index < -0.39 is 0 Å². The standard InChI is InChI=1S/C11H13N3O/c15-11-4-3-8-14(11)7-2-1-6-13-9-5-12-10-13/h2,5-6,9-10H,3-4,7-8H2. The number of carbonyl (C=O) groups is 1. The lowest BCUT2D eigenvalue weighted by Gasteiger charge is -2.10. The summed E-state index contributed by atoms with van der Waals surface area (Å²) in [6.07, 6.45) is 10.6. The molecule has 1 saturated heterocycles. The normalized spacial score (nSPS) is 15.2. The molecule has 0 radical (unpaired) electrons. The van der Waals surface area contributed by atoms with Gasteiger partial charge in [0.05, 0.1) is 12.5 Å². The Bertz CT molecular complexity index is 388. The van der Waals surface area contributed by atoms with E-state index in [1.807, 2.05) is 21.7 Å². The number of rotatable bonds is 3. The number of likely N-dealkylation sites (tertiary alicyclic amines) is 1. The predicted molar refractivity (Wildman–Crippen MR) is 56.9 cm³/mol. The van der Waals surface area contributed by atoms with Crippen LogP contribution in [0.5, 0.6) is 0 Å². The molecule has 0 bridgehead atoms. The Balaban J connectivity index is 1.87. The van der Waals surface area contributed by atoms with Crippen LogP contribution in [0.3, 0.4) is 0 Å². The summed E-state index contributed by atoms with van der Waals surface area (Å²) >= 11 is 0. The monoisotopic (exact) mass is 203 g/mol. The molecule has 0 saturated carbocycles. The third kappa shape index (κ3) is 2.58. The molecule has 2 rings (SSSR count). The predicted octanol–water partition coefficient (Wildman–Crippen LogP) is 1.13. The Morgan fingerprint density at radius 3 is 3.20 bits per heavy atom. The van der Waals surface area contributed by atoms with Crippen molar-refractivity contribution < 1.29 is 4.79 Å². The van der Waals surface area contributed by atoms with Crippen molar-refractivity contribution in [1.29, 1.82) is 0 Å². The quantitative estimate of drug-likeness (QED) is 0.691. The zero-order valence-electron chi connectivity index (χ0n) is 8.47. The van der Waals surface area contributed by atoms with Crippen molar-refractivity contribution in [1.82, 2.24) is 14.5 Å². The van der Waals surface area contributed by atoms with Gasteiger partial charge in [-0.05, 0) is 12.5 Å². The lowest BCUT2D eigenvalue weighted by atomic mass is 10.4. The molecule has 0 unspecified atom stereocenters. The summed E-state index contributed by atoms with van der Waals surface area (Å²) in [5, 5.41) is 0. The van der Waals surface area contributed by atoms with Crippen LogP contribution in [0.25, 0.3) is 6.20 Å². The van der Waals surface area contributed by atoms with Crippen LogP contribution < -0.4 is 0 Å². The van der Waals surface area contributed by atoms with Gasteiger partial charge in [0.15, 0.2) is 0 Å². The van der Waals surface area contributed by atoms with Gasteiger partial charge in [-0.25, -0.2) is 4.98 Å². The first-order valence-electron chi connectivity index (χ1n) is 5.02. The lowest BCUT2D eigenvalue weighted by Crippen LogP contribution is -2.24. The van der Waals surface area contributed by atoms with Gasteiger partial charge in [-0.1, -0.05) is 0 Å². The number of hydrogen-bond donors (Lipinski definition) is 0. The molecule has 0 aromatic carbocycles. The smallest absolute Gasteiger partial charge is 0.222 e. The molecule has 78 valence electrons. The van der Waals surface area contributed by atoms with E-state index in [2.05, 4.69) is 10.7 Å². The molecular formula is C11H13N3O. The number of aromatic nitrogens is 2. The van der Waals surface area contributed by atoms with E-state index in [0.29, 0.717) is 13.0 Å². The van der Waals surface area contributed by atoms with Crippen LogP contribution in [0.1, 0.15) is 12.8 Å². The third-order valence-electron chi connectivity index (χ3n) is 2.35. The van der Waals surface area contributed by atoms with E-state index in [0.717, 1.165) is 13.0 Å². The second-order valence-electron chi connectivity index (χ2n) is 3.45. The Kier molecular flexibility index (Phi) is 3.00. The summed E-state index contributed by atoms with van der Waals surface area (Å²) in [6.45, 7) is 1.53. The van der Waals surface area contributed by atoms with Crippen LogP contribution >= 0.6 is 0 Å². The fourth-order valence-corrected chi connectivity index (χ4v) is 1.54. The molecule has 1 aromatic heterocycles. The topological polar surface area (TPSA) is 38.1 Å². The minimum absolute atomic E-state index is 0.246. The average Bonchev–Trinajstić information content (AvgIpc) is 2.85. The number of nitrogens with zero attached hydrogens (tertiary/aromatic N) is 3. The first-order valence-corrected chi connectivity index (χ1v) is 5.02. The fraction of sp³-hybridized carbons (Fsp3) is 0.364. The van der Waals surface area contributed by atoms with E-state index in [1.54, 1.807) is 18.7 Å². The number of amides is 1. The number of hydrogen-bond acceptors (Lipinski definition) is 2. The molecule has 0 spiro atoms. The molecule has 1 aliphatic rings. The molecule has 0 N–H and O–H groups in total. The van der Waals surface area contributed by atoms with Crippen molar-refractivity contribution in [3.8, 4) is 0 Å². The van der Waals surface area contributed by atoms with Crippen molar-refractivity contribution >= 4 is 12.1 Å². The van der Waals surface area contributed by atoms with Crippen LogP contribution in [0.4, 0.5) is 0 Å². The Morgan fingerprint density at radius 1 is 1.60 bits per heavy atom. The summed E-state index contributed by atoms with van der Waals surface area (Å²) in [4.78, 5) is 17.0. The van der Waals surface area contributed by atoms with Gasteiger partial charge >= 0.3 is 0 Å². The van der Waals surface area contributed by atoms with Gasteiger partial charge < -0.3 is 9.47 Å². The largest absolute Gasteiger partial charge is 0.338 e. The highest BCUT2D eigenvalue weighted by molar-refractivity contribution is 5.78. The van der Waals surface area contributed by atoms with Crippen molar-refractivity contribution in [2.24, 2.45) is 0 Å². The molecule has 1 amide bonds. The highest BCUT2D eigenvalue weighted by atomic mass is 16.2. The van der Waals surface area contributed by atoms with E-state index in [9.17, 15) is 4.79 Å². The van der Waals surface area contributed by atoms with Crippen LogP contribution in [0.15, 0.2) is 30.5 Å². The van der Waals surface area contributed by atoms with Crippen molar-refractivity contribution in [2.75, 3.05) is 13.1 Å². The molecule has 1 aliphatic heterocycles. The van der Waals surface area contributed by atoms with Crippen molar-refractivity contribution in [3.05, 3.63) is 30.5 Å². The van der Waals surface area contributed by atoms with E-state index in [1.165, 1.54) is 0 Å². The van der Waals surface area contributed by atoms with Gasteiger partial charge in [-0.2, -0.15) is 0 Å². The summed E-state index contributed by atoms with van der Waals surface area (Å²) in [7, 11) is 0. The van der Waals surface area contributed by atoms with Gasteiger partial charge in [0.2, 0.25) is 5.91 Å². The molecular weight excluding hydrogens is 190 g/mol. The second-order valence-corrected chi connectivity index (χ2v) is 3.45. The third-order valence-corrected chi connectivity index (χ3v) is 2.35. The lowest BCUT2D eigenvalue weighted by molar-refractivity contribution is -0.127.